The van der Waals surface area contributed by atoms with Gasteiger partial charge in [0.25, 0.3) is 0 Å². The van der Waals surface area contributed by atoms with Gasteiger partial charge in [-0.2, -0.15) is 0 Å². The average molecular weight is 290 g/mol. The van der Waals surface area contributed by atoms with E-state index in [2.05, 4.69) is 15.9 Å². The van der Waals surface area contributed by atoms with E-state index in [9.17, 15) is 9.50 Å². The molecule has 0 radical (unpaired) electrons. The lowest BCUT2D eigenvalue weighted by Crippen LogP contribution is -2.43. The van der Waals surface area contributed by atoms with Crippen molar-refractivity contribution in [3.8, 4) is 0 Å². The number of benzene rings is 1. The van der Waals surface area contributed by atoms with Gasteiger partial charge in [-0.1, -0.05) is 6.07 Å². The van der Waals surface area contributed by atoms with Gasteiger partial charge in [-0.15, -0.1) is 0 Å². The fourth-order valence-electron chi connectivity index (χ4n) is 1.25. The highest BCUT2D eigenvalue weighted by Crippen LogP contribution is 2.20. The molecule has 4 heteroatoms. The highest BCUT2D eigenvalue weighted by molar-refractivity contribution is 9.10. The van der Waals surface area contributed by atoms with Crippen molar-refractivity contribution in [3.05, 3.63) is 34.1 Å². The van der Waals surface area contributed by atoms with E-state index in [-0.39, 0.29) is 18.0 Å². The minimum absolute atomic E-state index is 0.0892. The summed E-state index contributed by atoms with van der Waals surface area (Å²) in [6.07, 6.45) is 0. The third-order valence-corrected chi connectivity index (χ3v) is 3.43. The predicted molar refractivity (Wildman–Crippen MR) is 66.7 cm³/mol. The van der Waals surface area contributed by atoms with Crippen LogP contribution in [0.2, 0.25) is 0 Å². The van der Waals surface area contributed by atoms with Crippen molar-refractivity contribution < 1.29 is 9.50 Å². The molecule has 0 spiro atoms. The van der Waals surface area contributed by atoms with Gasteiger partial charge >= 0.3 is 0 Å². The maximum Gasteiger partial charge on any atom is 0.137 e. The van der Waals surface area contributed by atoms with Crippen LogP contribution in [-0.4, -0.2) is 29.2 Å². The lowest BCUT2D eigenvalue weighted by molar-refractivity contribution is 0.0733. The number of nitrogens with zero attached hydrogens (tertiary/aromatic N) is 1. The molecule has 0 heterocycles. The topological polar surface area (TPSA) is 23.5 Å². The van der Waals surface area contributed by atoms with Gasteiger partial charge in [-0.05, 0) is 54.5 Å². The number of likely N-dealkylation sites (N-methyl/N-ethyl adjacent to an activating group) is 1. The Morgan fingerprint density at radius 1 is 1.44 bits per heavy atom. The molecule has 0 atom stereocenters. The van der Waals surface area contributed by atoms with Crippen molar-refractivity contribution in [1.29, 1.82) is 0 Å². The zero-order chi connectivity index (χ0) is 12.3. The van der Waals surface area contributed by atoms with E-state index in [0.29, 0.717) is 11.0 Å². The molecule has 16 heavy (non-hydrogen) atoms. The molecule has 2 nitrogen and oxygen atoms in total. The number of aliphatic hydroxyl groups excluding tert-OH is 1. The van der Waals surface area contributed by atoms with Crippen LogP contribution in [0.25, 0.3) is 0 Å². The summed E-state index contributed by atoms with van der Waals surface area (Å²) in [5.74, 6) is -0.257. The minimum Gasteiger partial charge on any atom is -0.394 e. The molecule has 0 aliphatic rings. The van der Waals surface area contributed by atoms with Crippen LogP contribution >= 0.6 is 15.9 Å². The fourth-order valence-corrected chi connectivity index (χ4v) is 1.67. The molecule has 1 rings (SSSR count). The highest BCUT2D eigenvalue weighted by atomic mass is 79.9. The molecule has 0 aliphatic heterocycles. The molecule has 0 fully saturated rings. The smallest absolute Gasteiger partial charge is 0.137 e. The van der Waals surface area contributed by atoms with E-state index in [4.69, 9.17) is 0 Å². The van der Waals surface area contributed by atoms with E-state index in [1.54, 1.807) is 12.1 Å². The summed E-state index contributed by atoms with van der Waals surface area (Å²) in [5, 5.41) is 9.23. The van der Waals surface area contributed by atoms with E-state index in [0.717, 1.165) is 5.56 Å². The van der Waals surface area contributed by atoms with Gasteiger partial charge in [0, 0.05) is 12.1 Å². The molecular formula is C12H17BrFNO. The first kappa shape index (κ1) is 13.6. The first-order chi connectivity index (χ1) is 7.36. The predicted octanol–water partition coefficient (Wildman–Crippen LogP) is 2.79. The van der Waals surface area contributed by atoms with Crippen molar-refractivity contribution in [2.45, 2.75) is 25.9 Å². The summed E-state index contributed by atoms with van der Waals surface area (Å²) in [6, 6.07) is 4.96. The molecule has 0 unspecified atom stereocenters. The third kappa shape index (κ3) is 3.27. The van der Waals surface area contributed by atoms with Crippen LogP contribution in [0.1, 0.15) is 19.4 Å². The number of hydrogen-bond acceptors (Lipinski definition) is 2. The molecular weight excluding hydrogens is 273 g/mol. The second-order valence-corrected chi connectivity index (χ2v) is 5.43. The molecule has 0 aromatic heterocycles. The SMILES string of the molecule is CN(Cc1ccc(F)c(Br)c1)C(C)(C)CO. The minimum atomic E-state index is -0.277. The lowest BCUT2D eigenvalue weighted by atomic mass is 10.0. The van der Waals surface area contributed by atoms with Gasteiger partial charge in [-0.25, -0.2) is 4.39 Å². The molecule has 0 saturated carbocycles. The zero-order valence-electron chi connectivity index (χ0n) is 9.80. The van der Waals surface area contributed by atoms with Crippen molar-refractivity contribution in [3.63, 3.8) is 0 Å². The summed E-state index contributed by atoms with van der Waals surface area (Å²) in [7, 11) is 1.94. The molecule has 1 aromatic rings. The Morgan fingerprint density at radius 2 is 2.06 bits per heavy atom. The van der Waals surface area contributed by atoms with Crippen LogP contribution in [-0.2, 0) is 6.54 Å². The zero-order valence-corrected chi connectivity index (χ0v) is 11.4. The summed E-state index contributed by atoms with van der Waals surface area (Å²) >= 11 is 3.16. The third-order valence-electron chi connectivity index (χ3n) is 2.82. The van der Waals surface area contributed by atoms with Crippen LogP contribution in [0.3, 0.4) is 0 Å². The number of aliphatic hydroxyl groups is 1. The Hall–Kier alpha value is -0.450. The molecule has 0 bridgehead atoms. The summed E-state index contributed by atoms with van der Waals surface area (Å²) in [5.41, 5.74) is 0.734. The standard InChI is InChI=1S/C12H17BrFNO/c1-12(2,8-16)15(3)7-9-4-5-11(14)10(13)6-9/h4-6,16H,7-8H2,1-3H3. The fraction of sp³-hybridized carbons (Fsp3) is 0.500. The monoisotopic (exact) mass is 289 g/mol. The van der Waals surface area contributed by atoms with Gasteiger partial charge in [0.15, 0.2) is 0 Å². The van der Waals surface area contributed by atoms with E-state index < -0.39 is 0 Å². The van der Waals surface area contributed by atoms with Gasteiger partial charge in [0.05, 0.1) is 11.1 Å². The second-order valence-electron chi connectivity index (χ2n) is 4.58. The number of halogens is 2. The van der Waals surface area contributed by atoms with Crippen LogP contribution in [0.5, 0.6) is 0 Å². The Bertz CT molecular complexity index is 368. The maximum absolute atomic E-state index is 13.0. The Kier molecular flexibility index (Phi) is 4.47. The van der Waals surface area contributed by atoms with Gasteiger partial charge < -0.3 is 5.11 Å². The first-order valence-corrected chi connectivity index (χ1v) is 5.92. The molecule has 0 saturated heterocycles. The lowest BCUT2D eigenvalue weighted by Gasteiger charge is -2.33. The summed E-state index contributed by atoms with van der Waals surface area (Å²) in [6.45, 7) is 4.69. The largest absolute Gasteiger partial charge is 0.394 e. The maximum atomic E-state index is 13.0. The van der Waals surface area contributed by atoms with E-state index >= 15 is 0 Å². The van der Waals surface area contributed by atoms with Gasteiger partial charge in [0.1, 0.15) is 5.82 Å². The Labute approximate surface area is 104 Å². The highest BCUT2D eigenvalue weighted by Gasteiger charge is 2.22. The number of hydrogen-bond donors (Lipinski definition) is 1. The number of rotatable bonds is 4. The van der Waals surface area contributed by atoms with Crippen molar-refractivity contribution in [1.82, 2.24) is 4.90 Å². The molecule has 1 aromatic carbocycles. The Balaban J connectivity index is 2.77. The van der Waals surface area contributed by atoms with Crippen molar-refractivity contribution in [2.24, 2.45) is 0 Å². The van der Waals surface area contributed by atoms with Crippen molar-refractivity contribution >= 4 is 15.9 Å². The molecule has 0 aliphatic carbocycles. The van der Waals surface area contributed by atoms with Gasteiger partial charge in [0.2, 0.25) is 0 Å². The van der Waals surface area contributed by atoms with E-state index in [1.165, 1.54) is 6.07 Å². The van der Waals surface area contributed by atoms with Crippen LogP contribution in [0.4, 0.5) is 4.39 Å². The summed E-state index contributed by atoms with van der Waals surface area (Å²) < 4.78 is 13.5. The van der Waals surface area contributed by atoms with Crippen LogP contribution in [0, 0.1) is 5.82 Å². The van der Waals surface area contributed by atoms with Crippen LogP contribution < -0.4 is 0 Å². The normalized spacial score (nSPS) is 12.2. The van der Waals surface area contributed by atoms with Gasteiger partial charge in [-0.3, -0.25) is 4.90 Å². The molecule has 0 amide bonds. The quantitative estimate of drug-likeness (QED) is 0.921. The van der Waals surface area contributed by atoms with Crippen molar-refractivity contribution in [2.75, 3.05) is 13.7 Å². The average Bonchev–Trinajstić information content (AvgIpc) is 2.23. The Morgan fingerprint density at radius 3 is 2.56 bits per heavy atom. The van der Waals surface area contributed by atoms with E-state index in [1.807, 2.05) is 25.8 Å². The summed E-state index contributed by atoms with van der Waals surface area (Å²) in [4.78, 5) is 2.03. The first-order valence-electron chi connectivity index (χ1n) is 5.13. The molecule has 90 valence electrons. The van der Waals surface area contributed by atoms with Crippen LogP contribution in [0.15, 0.2) is 22.7 Å². The second kappa shape index (κ2) is 5.25. The molecule has 1 N–H and O–H groups in total.